The van der Waals surface area contributed by atoms with Crippen molar-refractivity contribution in [1.82, 2.24) is 9.97 Å². The lowest BCUT2D eigenvalue weighted by Gasteiger charge is -2.09. The Balaban J connectivity index is 1.55. The molecule has 2 heterocycles. The zero-order chi connectivity index (χ0) is 16.4. The zero-order valence-electron chi connectivity index (χ0n) is 13.1. The number of hydrogen-bond acceptors (Lipinski definition) is 4. The molecule has 0 saturated carbocycles. The monoisotopic (exact) mass is 352 g/mol. The second kappa shape index (κ2) is 6.84. The molecule has 0 radical (unpaired) electrons. The van der Waals surface area contributed by atoms with Gasteiger partial charge in [0.25, 0.3) is 5.56 Å². The lowest BCUT2D eigenvalue weighted by molar-refractivity contribution is 0.700. The number of fused-ring (bicyclic) bond motifs is 3. The van der Waals surface area contributed by atoms with E-state index in [4.69, 9.17) is 0 Å². The van der Waals surface area contributed by atoms with Gasteiger partial charge in [0.2, 0.25) is 0 Å². The van der Waals surface area contributed by atoms with Gasteiger partial charge in [0.15, 0.2) is 5.16 Å². The van der Waals surface area contributed by atoms with Gasteiger partial charge in [-0.15, -0.1) is 11.3 Å². The standard InChI is InChI=1S/C19H16N2OS2/c22-17-16-14-10-4-5-11-15(14)24-18(16)21-19(20-17)23-12-6-9-13-7-2-1-3-8-13/h1-3,7-8H,4-5,10-12H2,(H,20,21,22). The van der Waals surface area contributed by atoms with Gasteiger partial charge in [0.05, 0.1) is 11.1 Å². The van der Waals surface area contributed by atoms with Crippen LogP contribution in [0.5, 0.6) is 0 Å². The number of nitrogens with zero attached hydrogens (tertiary/aromatic N) is 1. The predicted molar refractivity (Wildman–Crippen MR) is 101 cm³/mol. The van der Waals surface area contributed by atoms with E-state index in [0.717, 1.165) is 28.6 Å². The molecule has 1 aliphatic rings. The topological polar surface area (TPSA) is 45.8 Å². The molecule has 24 heavy (non-hydrogen) atoms. The fraction of sp³-hybridized carbons (Fsp3) is 0.263. The molecule has 3 aromatic rings. The highest BCUT2D eigenvalue weighted by Gasteiger charge is 2.19. The summed E-state index contributed by atoms with van der Waals surface area (Å²) in [6.07, 6.45) is 4.48. The molecule has 4 rings (SSSR count). The Morgan fingerprint density at radius 3 is 2.92 bits per heavy atom. The molecule has 0 spiro atoms. The number of thioether (sulfide) groups is 1. The van der Waals surface area contributed by atoms with Crippen molar-refractivity contribution < 1.29 is 0 Å². The van der Waals surface area contributed by atoms with Crippen LogP contribution in [-0.2, 0) is 12.8 Å². The van der Waals surface area contributed by atoms with E-state index in [1.807, 2.05) is 30.3 Å². The van der Waals surface area contributed by atoms with Gasteiger partial charge < -0.3 is 4.98 Å². The van der Waals surface area contributed by atoms with Crippen LogP contribution in [0.2, 0.25) is 0 Å². The molecule has 0 aliphatic heterocycles. The fourth-order valence-corrected chi connectivity index (χ4v) is 4.90. The number of aromatic amines is 1. The van der Waals surface area contributed by atoms with Crippen LogP contribution in [0.15, 0.2) is 40.3 Å². The molecule has 5 heteroatoms. The first-order chi connectivity index (χ1) is 11.8. The molecule has 0 saturated heterocycles. The predicted octanol–water partition coefficient (Wildman–Crippen LogP) is 4.01. The number of benzene rings is 1. The molecule has 0 unspecified atom stereocenters. The summed E-state index contributed by atoms with van der Waals surface area (Å²) in [6.45, 7) is 0. The van der Waals surface area contributed by atoms with Gasteiger partial charge in [0.1, 0.15) is 4.83 Å². The van der Waals surface area contributed by atoms with E-state index in [0.29, 0.717) is 10.9 Å². The Bertz CT molecular complexity index is 993. The lowest BCUT2D eigenvalue weighted by Crippen LogP contribution is -2.10. The van der Waals surface area contributed by atoms with Crippen molar-refractivity contribution in [3.8, 4) is 11.8 Å². The van der Waals surface area contributed by atoms with E-state index in [1.165, 1.54) is 35.0 Å². The normalized spacial score (nSPS) is 13.3. The Morgan fingerprint density at radius 2 is 2.04 bits per heavy atom. The molecule has 0 bridgehead atoms. The first-order valence-electron chi connectivity index (χ1n) is 8.02. The van der Waals surface area contributed by atoms with Crippen LogP contribution < -0.4 is 5.56 Å². The van der Waals surface area contributed by atoms with Gasteiger partial charge in [-0.2, -0.15) is 0 Å². The molecule has 120 valence electrons. The summed E-state index contributed by atoms with van der Waals surface area (Å²) in [6, 6.07) is 9.90. The second-order valence-corrected chi connectivity index (χ2v) is 7.77. The van der Waals surface area contributed by atoms with Crippen LogP contribution >= 0.6 is 23.1 Å². The van der Waals surface area contributed by atoms with Crippen molar-refractivity contribution in [2.45, 2.75) is 30.8 Å². The SMILES string of the molecule is O=c1[nH]c(SCC#Cc2ccccc2)nc2sc3c(c12)CCCC3. The van der Waals surface area contributed by atoms with E-state index in [-0.39, 0.29) is 5.56 Å². The van der Waals surface area contributed by atoms with Gasteiger partial charge >= 0.3 is 0 Å². The number of nitrogens with one attached hydrogen (secondary N) is 1. The quantitative estimate of drug-likeness (QED) is 0.431. The maximum atomic E-state index is 12.4. The molecule has 2 aromatic heterocycles. The fourth-order valence-electron chi connectivity index (χ4n) is 2.98. The minimum Gasteiger partial charge on any atom is -0.301 e. The minimum absolute atomic E-state index is 0.00193. The van der Waals surface area contributed by atoms with Crippen LogP contribution in [-0.4, -0.2) is 15.7 Å². The van der Waals surface area contributed by atoms with Crippen molar-refractivity contribution in [1.29, 1.82) is 0 Å². The van der Waals surface area contributed by atoms with Crippen LogP contribution in [0.3, 0.4) is 0 Å². The number of H-pyrrole nitrogens is 1. The maximum absolute atomic E-state index is 12.4. The smallest absolute Gasteiger partial charge is 0.260 e. The Hall–Kier alpha value is -2.03. The Labute approximate surface area is 148 Å². The van der Waals surface area contributed by atoms with Crippen molar-refractivity contribution in [2.75, 3.05) is 5.75 Å². The van der Waals surface area contributed by atoms with Crippen molar-refractivity contribution in [2.24, 2.45) is 0 Å². The van der Waals surface area contributed by atoms with Gasteiger partial charge in [0, 0.05) is 10.4 Å². The lowest BCUT2D eigenvalue weighted by atomic mass is 9.97. The molecule has 1 aliphatic carbocycles. The van der Waals surface area contributed by atoms with Crippen molar-refractivity contribution >= 4 is 33.3 Å². The molecule has 1 N–H and O–H groups in total. The largest absolute Gasteiger partial charge is 0.301 e. The van der Waals surface area contributed by atoms with E-state index in [2.05, 4.69) is 21.8 Å². The highest BCUT2D eigenvalue weighted by Crippen LogP contribution is 2.34. The molecule has 0 amide bonds. The third kappa shape index (κ3) is 3.12. The number of rotatable bonds is 2. The third-order valence-corrected chi connectivity index (χ3v) is 6.03. The summed E-state index contributed by atoms with van der Waals surface area (Å²) in [7, 11) is 0. The summed E-state index contributed by atoms with van der Waals surface area (Å²) < 4.78 is 0. The molecular formula is C19H16N2OS2. The molecule has 1 aromatic carbocycles. The Kier molecular flexibility index (Phi) is 4.42. The molecule has 3 nitrogen and oxygen atoms in total. The summed E-state index contributed by atoms with van der Waals surface area (Å²) >= 11 is 3.16. The highest BCUT2D eigenvalue weighted by atomic mass is 32.2. The maximum Gasteiger partial charge on any atom is 0.260 e. The number of aryl methyl sites for hydroxylation is 2. The van der Waals surface area contributed by atoms with E-state index in [1.54, 1.807) is 11.3 Å². The third-order valence-electron chi connectivity index (χ3n) is 4.09. The molecular weight excluding hydrogens is 336 g/mol. The molecule has 0 fully saturated rings. The van der Waals surface area contributed by atoms with E-state index < -0.39 is 0 Å². The number of hydrogen-bond donors (Lipinski definition) is 1. The summed E-state index contributed by atoms with van der Waals surface area (Å²) in [5.74, 6) is 6.84. The van der Waals surface area contributed by atoms with Crippen LogP contribution in [0.4, 0.5) is 0 Å². The number of aromatic nitrogens is 2. The summed E-state index contributed by atoms with van der Waals surface area (Å²) in [5, 5.41) is 1.47. The highest BCUT2D eigenvalue weighted by molar-refractivity contribution is 7.99. The van der Waals surface area contributed by atoms with Gasteiger partial charge in [-0.25, -0.2) is 4.98 Å². The average molecular weight is 352 g/mol. The van der Waals surface area contributed by atoms with Crippen molar-refractivity contribution in [3.63, 3.8) is 0 Å². The first-order valence-corrected chi connectivity index (χ1v) is 9.83. The van der Waals surface area contributed by atoms with Gasteiger partial charge in [-0.3, -0.25) is 4.79 Å². The van der Waals surface area contributed by atoms with Crippen LogP contribution in [0, 0.1) is 11.8 Å². The van der Waals surface area contributed by atoms with Crippen molar-refractivity contribution in [3.05, 3.63) is 56.7 Å². The average Bonchev–Trinajstić information content (AvgIpc) is 2.98. The Morgan fingerprint density at radius 1 is 1.21 bits per heavy atom. The zero-order valence-corrected chi connectivity index (χ0v) is 14.7. The van der Waals surface area contributed by atoms with Crippen LogP contribution in [0.1, 0.15) is 28.8 Å². The number of thiophene rings is 1. The van der Waals surface area contributed by atoms with E-state index >= 15 is 0 Å². The van der Waals surface area contributed by atoms with Gasteiger partial charge in [-0.05, 0) is 43.4 Å². The minimum atomic E-state index is -0.00193. The molecule has 0 atom stereocenters. The van der Waals surface area contributed by atoms with Gasteiger partial charge in [-0.1, -0.05) is 41.8 Å². The second-order valence-electron chi connectivity index (χ2n) is 5.72. The van der Waals surface area contributed by atoms with Crippen LogP contribution in [0.25, 0.3) is 10.2 Å². The van der Waals surface area contributed by atoms with E-state index in [9.17, 15) is 4.79 Å². The first kappa shape index (κ1) is 15.5. The summed E-state index contributed by atoms with van der Waals surface area (Å²) in [5.41, 5.74) is 2.23. The summed E-state index contributed by atoms with van der Waals surface area (Å²) in [4.78, 5) is 22.2.